The molecule has 2 aromatic heterocycles. The van der Waals surface area contributed by atoms with Gasteiger partial charge in [0.05, 0.1) is 28.3 Å². The van der Waals surface area contributed by atoms with E-state index < -0.39 is 0 Å². The highest BCUT2D eigenvalue weighted by molar-refractivity contribution is 7.12. The Morgan fingerprint density at radius 3 is 2.80 bits per heavy atom. The number of hydrogen-bond acceptors (Lipinski definition) is 4. The number of carbonyl (C=O) groups excluding carboxylic acids is 1. The summed E-state index contributed by atoms with van der Waals surface area (Å²) in [5.41, 5.74) is 2.57. The molecule has 0 saturated carbocycles. The Morgan fingerprint density at radius 1 is 1.10 bits per heavy atom. The molecule has 0 radical (unpaired) electrons. The van der Waals surface area contributed by atoms with E-state index in [0.29, 0.717) is 39.5 Å². The molecule has 2 heterocycles. The lowest BCUT2D eigenvalue weighted by molar-refractivity contribution is 0.103. The lowest BCUT2D eigenvalue weighted by Crippen LogP contribution is -2.09. The summed E-state index contributed by atoms with van der Waals surface area (Å²) in [4.78, 5) is 13.1. The molecular weight excluding hydrogens is 441 g/mol. The quantitative estimate of drug-likeness (QED) is 0.363. The van der Waals surface area contributed by atoms with Crippen molar-refractivity contribution >= 4 is 46.1 Å². The van der Waals surface area contributed by atoms with Gasteiger partial charge in [0.2, 0.25) is 0 Å². The number of hydrogen-bond donors (Lipinski definition) is 1. The fraction of sp³-hybridized carbons (Fsp3) is 0.0909. The van der Waals surface area contributed by atoms with E-state index in [1.807, 2.05) is 53.9 Å². The van der Waals surface area contributed by atoms with Crippen LogP contribution in [0.25, 0.3) is 0 Å². The van der Waals surface area contributed by atoms with Crippen LogP contribution in [0.5, 0.6) is 5.75 Å². The maximum absolute atomic E-state index is 12.6. The van der Waals surface area contributed by atoms with Crippen molar-refractivity contribution < 1.29 is 9.53 Å². The largest absolute Gasteiger partial charge is 0.487 e. The molecule has 8 heteroatoms. The first-order valence-electron chi connectivity index (χ1n) is 9.10. The summed E-state index contributed by atoms with van der Waals surface area (Å²) >= 11 is 13.5. The summed E-state index contributed by atoms with van der Waals surface area (Å²) in [5.74, 6) is 0.426. The number of amides is 1. The van der Waals surface area contributed by atoms with Crippen molar-refractivity contribution in [1.82, 2.24) is 9.78 Å². The van der Waals surface area contributed by atoms with Gasteiger partial charge in [-0.1, -0.05) is 47.5 Å². The summed E-state index contributed by atoms with van der Waals surface area (Å²) in [6.45, 7) is 0.907. The Bertz CT molecular complexity index is 1170. The van der Waals surface area contributed by atoms with E-state index in [4.69, 9.17) is 27.9 Å². The van der Waals surface area contributed by atoms with E-state index in [0.717, 1.165) is 11.1 Å². The maximum Gasteiger partial charge on any atom is 0.265 e. The highest BCUT2D eigenvalue weighted by Crippen LogP contribution is 2.25. The molecule has 4 aromatic rings. The number of anilines is 1. The minimum absolute atomic E-state index is 0.189. The molecule has 0 bridgehead atoms. The van der Waals surface area contributed by atoms with E-state index >= 15 is 0 Å². The number of aromatic nitrogens is 2. The smallest absolute Gasteiger partial charge is 0.265 e. The molecule has 0 unspecified atom stereocenters. The zero-order valence-corrected chi connectivity index (χ0v) is 18.0. The van der Waals surface area contributed by atoms with Crippen LogP contribution >= 0.6 is 34.5 Å². The van der Waals surface area contributed by atoms with Crippen LogP contribution in [0.1, 0.15) is 20.8 Å². The van der Waals surface area contributed by atoms with Gasteiger partial charge in [-0.05, 0) is 41.3 Å². The minimum Gasteiger partial charge on any atom is -0.487 e. The predicted molar refractivity (Wildman–Crippen MR) is 121 cm³/mol. The van der Waals surface area contributed by atoms with Crippen LogP contribution in [0.4, 0.5) is 5.69 Å². The molecule has 152 valence electrons. The normalized spacial score (nSPS) is 10.7. The summed E-state index contributed by atoms with van der Waals surface area (Å²) in [7, 11) is 0. The fourth-order valence-corrected chi connectivity index (χ4v) is 4.02. The van der Waals surface area contributed by atoms with Crippen LogP contribution in [0, 0.1) is 0 Å². The molecule has 2 aromatic carbocycles. The number of halogens is 2. The van der Waals surface area contributed by atoms with Gasteiger partial charge in [0.25, 0.3) is 5.91 Å². The molecule has 0 spiro atoms. The monoisotopic (exact) mass is 457 g/mol. The van der Waals surface area contributed by atoms with Gasteiger partial charge in [-0.3, -0.25) is 9.48 Å². The van der Waals surface area contributed by atoms with Crippen molar-refractivity contribution in [2.45, 2.75) is 13.2 Å². The number of rotatable bonds is 7. The molecular formula is C22H17Cl2N3O2S. The molecule has 1 N–H and O–H groups in total. The molecule has 0 fully saturated rings. The molecule has 0 atom stereocenters. The molecule has 0 aliphatic heterocycles. The lowest BCUT2D eigenvalue weighted by Gasteiger charge is -2.06. The summed E-state index contributed by atoms with van der Waals surface area (Å²) < 4.78 is 7.47. The van der Waals surface area contributed by atoms with Crippen molar-refractivity contribution in [3.63, 3.8) is 0 Å². The van der Waals surface area contributed by atoms with Gasteiger partial charge in [0.1, 0.15) is 12.4 Å². The second-order valence-corrected chi connectivity index (χ2v) is 8.30. The van der Waals surface area contributed by atoms with Crippen molar-refractivity contribution in [3.8, 4) is 5.75 Å². The van der Waals surface area contributed by atoms with Gasteiger partial charge < -0.3 is 10.1 Å². The van der Waals surface area contributed by atoms with Gasteiger partial charge >= 0.3 is 0 Å². The second kappa shape index (κ2) is 9.34. The summed E-state index contributed by atoms with van der Waals surface area (Å²) in [6.07, 6.45) is 3.41. The van der Waals surface area contributed by atoms with Crippen LogP contribution in [-0.4, -0.2) is 15.7 Å². The molecule has 30 heavy (non-hydrogen) atoms. The van der Waals surface area contributed by atoms with E-state index in [1.165, 1.54) is 11.3 Å². The van der Waals surface area contributed by atoms with Crippen LogP contribution in [0.15, 0.2) is 72.4 Å². The Balaban J connectivity index is 1.34. The average molecular weight is 458 g/mol. The number of para-hydroxylation sites is 1. The van der Waals surface area contributed by atoms with Crippen molar-refractivity contribution in [2.75, 3.05) is 5.32 Å². The number of nitrogens with one attached hydrogen (secondary N) is 1. The number of thiophene rings is 1. The van der Waals surface area contributed by atoms with E-state index in [-0.39, 0.29) is 5.91 Å². The first-order valence-corrected chi connectivity index (χ1v) is 10.7. The third-order valence-corrected chi connectivity index (χ3v) is 5.76. The Morgan fingerprint density at radius 2 is 1.97 bits per heavy atom. The average Bonchev–Trinajstić information content (AvgIpc) is 3.37. The van der Waals surface area contributed by atoms with Crippen LogP contribution in [0.3, 0.4) is 0 Å². The number of benzene rings is 2. The maximum atomic E-state index is 12.6. The standard InChI is InChI=1S/C22H17Cl2N3O2S/c23-17-5-3-4-15(8-17)11-27-12-18(10-25-27)26-22(28)21-9-16(14-30-21)13-29-20-7-2-1-6-19(20)24/h1-10,12,14H,11,13H2,(H,26,28). The van der Waals surface area contributed by atoms with Crippen LogP contribution in [-0.2, 0) is 13.2 Å². The fourth-order valence-electron chi connectivity index (χ4n) is 2.82. The highest BCUT2D eigenvalue weighted by atomic mass is 35.5. The number of carbonyl (C=O) groups is 1. The SMILES string of the molecule is O=C(Nc1cnn(Cc2cccc(Cl)c2)c1)c1cc(COc2ccccc2Cl)cs1. The Hall–Kier alpha value is -2.80. The van der Waals surface area contributed by atoms with E-state index in [2.05, 4.69) is 10.4 Å². The topological polar surface area (TPSA) is 56.2 Å². The zero-order valence-electron chi connectivity index (χ0n) is 15.7. The highest BCUT2D eigenvalue weighted by Gasteiger charge is 2.12. The summed E-state index contributed by atoms with van der Waals surface area (Å²) in [5, 5.41) is 10.3. The molecule has 0 saturated heterocycles. The Kier molecular flexibility index (Phi) is 6.38. The third kappa shape index (κ3) is 5.21. The molecule has 0 aliphatic carbocycles. The molecule has 4 rings (SSSR count). The predicted octanol–water partition coefficient (Wildman–Crippen LogP) is 6.13. The van der Waals surface area contributed by atoms with E-state index in [1.54, 1.807) is 23.1 Å². The lowest BCUT2D eigenvalue weighted by atomic mass is 10.2. The first-order chi connectivity index (χ1) is 14.6. The second-order valence-electron chi connectivity index (χ2n) is 6.55. The molecule has 1 amide bonds. The molecule has 5 nitrogen and oxygen atoms in total. The number of nitrogens with zero attached hydrogens (tertiary/aromatic N) is 2. The first kappa shape index (κ1) is 20.5. The minimum atomic E-state index is -0.189. The number of ether oxygens (including phenoxy) is 1. The third-order valence-electron chi connectivity index (χ3n) is 4.23. The zero-order chi connectivity index (χ0) is 20.9. The van der Waals surface area contributed by atoms with Crippen LogP contribution < -0.4 is 10.1 Å². The Labute approximate surface area is 187 Å². The van der Waals surface area contributed by atoms with Crippen molar-refractivity contribution in [3.05, 3.63) is 98.4 Å². The summed E-state index contributed by atoms with van der Waals surface area (Å²) in [6, 6.07) is 16.7. The molecule has 0 aliphatic rings. The van der Waals surface area contributed by atoms with Gasteiger partial charge in [-0.25, -0.2) is 0 Å². The van der Waals surface area contributed by atoms with Crippen molar-refractivity contribution in [2.24, 2.45) is 0 Å². The van der Waals surface area contributed by atoms with Gasteiger partial charge in [-0.2, -0.15) is 5.10 Å². The van der Waals surface area contributed by atoms with E-state index in [9.17, 15) is 4.79 Å². The van der Waals surface area contributed by atoms with Crippen molar-refractivity contribution in [1.29, 1.82) is 0 Å². The van der Waals surface area contributed by atoms with Gasteiger partial charge in [0, 0.05) is 16.8 Å². The van der Waals surface area contributed by atoms with Gasteiger partial charge in [0.15, 0.2) is 0 Å². The van der Waals surface area contributed by atoms with Crippen LogP contribution in [0.2, 0.25) is 10.0 Å². The van der Waals surface area contributed by atoms with Gasteiger partial charge in [-0.15, -0.1) is 11.3 Å².